The Hall–Kier alpha value is -3.02. The molecule has 2 amide bonds. The molecule has 1 aromatic carbocycles. The first-order valence-electron chi connectivity index (χ1n) is 7.56. The Bertz CT molecular complexity index is 770. The Morgan fingerprint density at radius 2 is 1.83 bits per heavy atom. The van der Waals surface area contributed by atoms with E-state index in [1.165, 1.54) is 12.4 Å². The molecule has 2 aromatic rings. The molecule has 1 heterocycles. The number of rotatable bonds is 5. The lowest BCUT2D eigenvalue weighted by atomic mass is 10.1. The highest BCUT2D eigenvalue weighted by atomic mass is 16.2. The van der Waals surface area contributed by atoms with Crippen LogP contribution in [0.3, 0.4) is 0 Å². The van der Waals surface area contributed by atoms with Crippen LogP contribution in [0.1, 0.15) is 34.8 Å². The maximum absolute atomic E-state index is 12.1. The molecule has 0 aliphatic rings. The van der Waals surface area contributed by atoms with Crippen molar-refractivity contribution in [1.82, 2.24) is 10.4 Å². The number of hydrogen-bond acceptors (Lipinski definition) is 4. The van der Waals surface area contributed by atoms with Crippen molar-refractivity contribution in [2.45, 2.75) is 27.2 Å². The van der Waals surface area contributed by atoms with Crippen molar-refractivity contribution in [3.05, 3.63) is 59.4 Å². The van der Waals surface area contributed by atoms with E-state index in [0.29, 0.717) is 11.3 Å². The summed E-state index contributed by atoms with van der Waals surface area (Å²) in [4.78, 5) is 27.8. The minimum atomic E-state index is -0.341. The SMILES string of the molecule is CC(CC(=O)Nc1cc(C)ccc1C)=NNC(=O)c1ccncc1. The highest BCUT2D eigenvalue weighted by Crippen LogP contribution is 2.16. The van der Waals surface area contributed by atoms with Gasteiger partial charge in [0.2, 0.25) is 5.91 Å². The second kappa shape index (κ2) is 8.01. The quantitative estimate of drug-likeness (QED) is 0.655. The van der Waals surface area contributed by atoms with Crippen LogP contribution in [0, 0.1) is 13.8 Å². The third-order valence-corrected chi connectivity index (χ3v) is 3.37. The Balaban J connectivity index is 1.91. The van der Waals surface area contributed by atoms with Gasteiger partial charge < -0.3 is 5.32 Å². The van der Waals surface area contributed by atoms with Crippen molar-refractivity contribution in [2.24, 2.45) is 5.10 Å². The molecule has 0 bridgehead atoms. The Morgan fingerprint density at radius 1 is 1.12 bits per heavy atom. The van der Waals surface area contributed by atoms with Crippen LogP contribution in [-0.2, 0) is 4.79 Å². The van der Waals surface area contributed by atoms with E-state index in [9.17, 15) is 9.59 Å². The van der Waals surface area contributed by atoms with E-state index >= 15 is 0 Å². The second-order valence-electron chi connectivity index (χ2n) is 5.57. The minimum Gasteiger partial charge on any atom is -0.326 e. The number of aromatic nitrogens is 1. The summed E-state index contributed by atoms with van der Waals surface area (Å²) in [7, 11) is 0. The van der Waals surface area contributed by atoms with Gasteiger partial charge in [0, 0.05) is 29.4 Å². The van der Waals surface area contributed by atoms with Crippen molar-refractivity contribution >= 4 is 23.2 Å². The lowest BCUT2D eigenvalue weighted by molar-refractivity contribution is -0.115. The van der Waals surface area contributed by atoms with E-state index < -0.39 is 0 Å². The summed E-state index contributed by atoms with van der Waals surface area (Å²) in [6.45, 7) is 5.59. The van der Waals surface area contributed by atoms with Crippen molar-refractivity contribution in [1.29, 1.82) is 0 Å². The van der Waals surface area contributed by atoms with E-state index in [0.717, 1.165) is 16.8 Å². The third-order valence-electron chi connectivity index (χ3n) is 3.37. The van der Waals surface area contributed by atoms with Crippen molar-refractivity contribution < 1.29 is 9.59 Å². The summed E-state index contributed by atoms with van der Waals surface area (Å²) in [5.74, 6) is -0.519. The van der Waals surface area contributed by atoms with Gasteiger partial charge in [0.1, 0.15) is 0 Å². The van der Waals surface area contributed by atoms with Crippen molar-refractivity contribution in [3.63, 3.8) is 0 Å². The summed E-state index contributed by atoms with van der Waals surface area (Å²) < 4.78 is 0. The first-order valence-corrected chi connectivity index (χ1v) is 7.56. The molecule has 0 fully saturated rings. The van der Waals surface area contributed by atoms with Crippen LogP contribution in [0.25, 0.3) is 0 Å². The molecule has 0 aliphatic heterocycles. The Labute approximate surface area is 141 Å². The van der Waals surface area contributed by atoms with Gasteiger partial charge in [0.25, 0.3) is 5.91 Å². The largest absolute Gasteiger partial charge is 0.326 e. The van der Waals surface area contributed by atoms with E-state index in [1.54, 1.807) is 19.1 Å². The molecule has 0 spiro atoms. The van der Waals surface area contributed by atoms with Crippen LogP contribution in [0.5, 0.6) is 0 Å². The van der Waals surface area contributed by atoms with Gasteiger partial charge in [0.05, 0.1) is 6.42 Å². The maximum atomic E-state index is 12.1. The summed E-state index contributed by atoms with van der Waals surface area (Å²) in [5, 5.41) is 6.82. The van der Waals surface area contributed by atoms with Crippen LogP contribution in [0.15, 0.2) is 47.8 Å². The van der Waals surface area contributed by atoms with Gasteiger partial charge in [0.15, 0.2) is 0 Å². The summed E-state index contributed by atoms with van der Waals surface area (Å²) in [6, 6.07) is 9.05. The van der Waals surface area contributed by atoms with Crippen LogP contribution >= 0.6 is 0 Å². The number of aryl methyl sites for hydroxylation is 2. The molecular formula is C18H20N4O2. The highest BCUT2D eigenvalue weighted by molar-refractivity contribution is 6.06. The van der Waals surface area contributed by atoms with E-state index in [-0.39, 0.29) is 18.2 Å². The second-order valence-corrected chi connectivity index (χ2v) is 5.57. The number of hydrazone groups is 1. The standard InChI is InChI=1S/C18H20N4O2/c1-12-4-5-13(2)16(10-12)20-17(23)11-14(3)21-22-18(24)15-6-8-19-9-7-15/h4-10H,11H2,1-3H3,(H,20,23)(H,22,24). The van der Waals surface area contributed by atoms with Crippen molar-refractivity contribution in [2.75, 3.05) is 5.32 Å². The predicted molar refractivity (Wildman–Crippen MR) is 94.0 cm³/mol. The van der Waals surface area contributed by atoms with E-state index in [1.807, 2.05) is 32.0 Å². The normalized spacial score (nSPS) is 11.0. The topological polar surface area (TPSA) is 83.5 Å². The number of nitrogens with zero attached hydrogens (tertiary/aromatic N) is 2. The molecule has 0 unspecified atom stereocenters. The minimum absolute atomic E-state index is 0.101. The van der Waals surface area contributed by atoms with Crippen LogP contribution in [0.2, 0.25) is 0 Å². The fourth-order valence-electron chi connectivity index (χ4n) is 2.05. The van der Waals surface area contributed by atoms with Crippen LogP contribution < -0.4 is 10.7 Å². The zero-order valence-electron chi connectivity index (χ0n) is 14.0. The number of pyridine rings is 1. The van der Waals surface area contributed by atoms with Gasteiger partial charge in [-0.15, -0.1) is 0 Å². The molecule has 0 aliphatic carbocycles. The smallest absolute Gasteiger partial charge is 0.271 e. The zero-order valence-corrected chi connectivity index (χ0v) is 14.0. The first kappa shape index (κ1) is 17.3. The molecule has 1 aromatic heterocycles. The van der Waals surface area contributed by atoms with Gasteiger partial charge in [-0.3, -0.25) is 14.6 Å². The number of anilines is 1. The highest BCUT2D eigenvalue weighted by Gasteiger charge is 2.08. The molecule has 0 atom stereocenters. The molecule has 124 valence electrons. The fraction of sp³-hybridized carbons (Fsp3) is 0.222. The third kappa shape index (κ3) is 5.01. The van der Waals surface area contributed by atoms with E-state index in [2.05, 4.69) is 20.8 Å². The number of carbonyl (C=O) groups excluding carboxylic acids is 2. The average Bonchev–Trinajstić information content (AvgIpc) is 2.56. The predicted octanol–water partition coefficient (Wildman–Crippen LogP) is 2.83. The van der Waals surface area contributed by atoms with E-state index in [4.69, 9.17) is 0 Å². The first-order chi connectivity index (χ1) is 11.5. The Morgan fingerprint density at radius 3 is 2.54 bits per heavy atom. The Kier molecular flexibility index (Phi) is 5.78. The fourth-order valence-corrected chi connectivity index (χ4v) is 2.05. The average molecular weight is 324 g/mol. The van der Waals surface area contributed by atoms with Gasteiger partial charge in [-0.2, -0.15) is 5.10 Å². The molecular weight excluding hydrogens is 304 g/mol. The molecule has 0 saturated carbocycles. The number of carbonyl (C=O) groups is 2. The summed E-state index contributed by atoms with van der Waals surface area (Å²) >= 11 is 0. The van der Waals surface area contributed by atoms with Gasteiger partial charge in [-0.1, -0.05) is 12.1 Å². The van der Waals surface area contributed by atoms with Crippen LogP contribution in [-0.4, -0.2) is 22.5 Å². The van der Waals surface area contributed by atoms with Crippen molar-refractivity contribution in [3.8, 4) is 0 Å². The van der Waals surface area contributed by atoms with Gasteiger partial charge >= 0.3 is 0 Å². The molecule has 2 N–H and O–H groups in total. The number of nitrogens with one attached hydrogen (secondary N) is 2. The monoisotopic (exact) mass is 324 g/mol. The molecule has 0 radical (unpaired) electrons. The number of benzene rings is 1. The molecule has 2 rings (SSSR count). The van der Waals surface area contributed by atoms with Crippen LogP contribution in [0.4, 0.5) is 5.69 Å². The van der Waals surface area contributed by atoms with Gasteiger partial charge in [-0.05, 0) is 50.1 Å². The van der Waals surface area contributed by atoms with Gasteiger partial charge in [-0.25, -0.2) is 5.43 Å². The zero-order chi connectivity index (χ0) is 17.5. The molecule has 24 heavy (non-hydrogen) atoms. The molecule has 6 nitrogen and oxygen atoms in total. The molecule has 6 heteroatoms. The lowest BCUT2D eigenvalue weighted by Gasteiger charge is -2.09. The summed E-state index contributed by atoms with van der Waals surface area (Å²) in [5.41, 5.74) is 6.26. The lowest BCUT2D eigenvalue weighted by Crippen LogP contribution is -2.21. The molecule has 0 saturated heterocycles. The number of amides is 2. The number of hydrogen-bond donors (Lipinski definition) is 2. The maximum Gasteiger partial charge on any atom is 0.271 e. The summed E-state index contributed by atoms with van der Waals surface area (Å²) in [6.07, 6.45) is 3.16.